The standard InChI is InChI=1S/C27H25F3N4O4S/c28-27(29,30)37-21-4-2-1-3-18(21)23-19(24(38-33-23)15-5-6-15)14-31-17-9-11-34(12-10-17)26-32-20-8-7-16(25(35)36)13-22(20)39-26/h1-4,7-8,13,15,17,31H,5-6,9-12,14H2,(H,35,36). The highest BCUT2D eigenvalue weighted by Gasteiger charge is 2.36. The van der Waals surface area contributed by atoms with Crippen LogP contribution in [0.4, 0.5) is 18.3 Å². The maximum atomic E-state index is 13.0. The molecule has 6 rings (SSSR count). The van der Waals surface area contributed by atoms with Gasteiger partial charge in [0.05, 0.1) is 15.8 Å². The maximum absolute atomic E-state index is 13.0. The number of aromatic nitrogens is 2. The Labute approximate surface area is 225 Å². The van der Waals surface area contributed by atoms with Crippen molar-refractivity contribution in [2.24, 2.45) is 0 Å². The molecule has 0 spiro atoms. The van der Waals surface area contributed by atoms with E-state index in [9.17, 15) is 23.1 Å². The molecule has 2 N–H and O–H groups in total. The molecule has 8 nitrogen and oxygen atoms in total. The zero-order chi connectivity index (χ0) is 27.1. The fourth-order valence-electron chi connectivity index (χ4n) is 4.95. The Balaban J connectivity index is 1.14. The van der Waals surface area contributed by atoms with Gasteiger partial charge in [-0.15, -0.1) is 13.2 Å². The number of para-hydroxylation sites is 1. The van der Waals surface area contributed by atoms with E-state index in [0.29, 0.717) is 12.2 Å². The Morgan fingerprint density at radius 1 is 1.15 bits per heavy atom. The van der Waals surface area contributed by atoms with Crippen LogP contribution in [0.5, 0.6) is 5.75 Å². The number of thiazole rings is 1. The molecule has 39 heavy (non-hydrogen) atoms. The summed E-state index contributed by atoms with van der Waals surface area (Å²) in [6, 6.07) is 11.1. The van der Waals surface area contributed by atoms with Gasteiger partial charge < -0.3 is 24.6 Å². The third-order valence-corrected chi connectivity index (χ3v) is 8.17. The number of halogens is 3. The normalized spacial score (nSPS) is 16.6. The van der Waals surface area contributed by atoms with Crippen molar-refractivity contribution >= 4 is 32.7 Å². The van der Waals surface area contributed by atoms with Gasteiger partial charge in [0.1, 0.15) is 17.2 Å². The highest BCUT2D eigenvalue weighted by molar-refractivity contribution is 7.22. The zero-order valence-electron chi connectivity index (χ0n) is 20.7. The summed E-state index contributed by atoms with van der Waals surface area (Å²) in [5, 5.41) is 17.9. The highest BCUT2D eigenvalue weighted by Crippen LogP contribution is 2.45. The number of rotatable bonds is 8. The molecule has 0 atom stereocenters. The Bertz CT molecular complexity index is 1510. The van der Waals surface area contributed by atoms with Gasteiger partial charge in [-0.1, -0.05) is 28.6 Å². The predicted molar refractivity (Wildman–Crippen MR) is 139 cm³/mol. The molecule has 1 aliphatic carbocycles. The van der Waals surface area contributed by atoms with E-state index in [2.05, 4.69) is 25.1 Å². The molecule has 204 valence electrons. The number of ether oxygens (including phenoxy) is 1. The number of nitrogens with zero attached hydrogens (tertiary/aromatic N) is 3. The SMILES string of the molecule is O=C(O)c1ccc2nc(N3CCC(NCc4c(-c5ccccc5OC(F)(F)F)noc4C4CC4)CC3)sc2c1. The minimum Gasteiger partial charge on any atom is -0.478 e. The molecule has 2 aliphatic rings. The number of carboxylic acids is 1. The van der Waals surface area contributed by atoms with Crippen molar-refractivity contribution in [3.8, 4) is 17.0 Å². The van der Waals surface area contributed by atoms with Crippen LogP contribution in [-0.2, 0) is 6.54 Å². The molecule has 0 bridgehead atoms. The highest BCUT2D eigenvalue weighted by atomic mass is 32.1. The third kappa shape index (κ3) is 5.57. The van der Waals surface area contributed by atoms with Gasteiger partial charge in [-0.05, 0) is 56.0 Å². The minimum atomic E-state index is -4.81. The quantitative estimate of drug-likeness (QED) is 0.264. The zero-order valence-corrected chi connectivity index (χ0v) is 21.5. The van der Waals surface area contributed by atoms with E-state index in [0.717, 1.165) is 65.4 Å². The molecule has 0 radical (unpaired) electrons. The van der Waals surface area contributed by atoms with Crippen molar-refractivity contribution in [3.63, 3.8) is 0 Å². The van der Waals surface area contributed by atoms with E-state index < -0.39 is 12.3 Å². The van der Waals surface area contributed by atoms with Crippen LogP contribution in [0.15, 0.2) is 47.0 Å². The lowest BCUT2D eigenvalue weighted by Gasteiger charge is -2.32. The van der Waals surface area contributed by atoms with Crippen molar-refractivity contribution in [2.75, 3.05) is 18.0 Å². The monoisotopic (exact) mass is 558 g/mol. The van der Waals surface area contributed by atoms with Gasteiger partial charge >= 0.3 is 12.3 Å². The van der Waals surface area contributed by atoms with E-state index in [1.165, 1.54) is 23.5 Å². The molecular formula is C27H25F3N4O4S. The Morgan fingerprint density at radius 3 is 2.64 bits per heavy atom. The molecular weight excluding hydrogens is 533 g/mol. The topological polar surface area (TPSA) is 101 Å². The molecule has 1 aliphatic heterocycles. The Morgan fingerprint density at radius 2 is 1.92 bits per heavy atom. The second-order valence-corrected chi connectivity index (χ2v) is 10.8. The summed E-state index contributed by atoms with van der Waals surface area (Å²) in [4.78, 5) is 18.2. The predicted octanol–water partition coefficient (Wildman–Crippen LogP) is 6.18. The van der Waals surface area contributed by atoms with Crippen LogP contribution in [0, 0.1) is 0 Å². The third-order valence-electron chi connectivity index (χ3n) is 7.09. The molecule has 1 saturated heterocycles. The lowest BCUT2D eigenvalue weighted by atomic mass is 10.0. The lowest BCUT2D eigenvalue weighted by Crippen LogP contribution is -2.42. The number of anilines is 1. The molecule has 2 fully saturated rings. The van der Waals surface area contributed by atoms with Gasteiger partial charge in [-0.2, -0.15) is 0 Å². The van der Waals surface area contributed by atoms with E-state index in [4.69, 9.17) is 4.52 Å². The summed E-state index contributed by atoms with van der Waals surface area (Å²) < 4.78 is 49.8. The first kappa shape index (κ1) is 25.6. The van der Waals surface area contributed by atoms with Gasteiger partial charge in [0.15, 0.2) is 5.13 Å². The van der Waals surface area contributed by atoms with Crippen LogP contribution >= 0.6 is 11.3 Å². The summed E-state index contributed by atoms with van der Waals surface area (Å²) in [5.74, 6) is -0.300. The number of hydrogen-bond acceptors (Lipinski definition) is 8. The molecule has 1 saturated carbocycles. The average Bonchev–Trinajstić information content (AvgIpc) is 3.52. The van der Waals surface area contributed by atoms with Gasteiger partial charge in [0.25, 0.3) is 0 Å². The summed E-state index contributed by atoms with van der Waals surface area (Å²) in [6.45, 7) is 1.98. The number of alkyl halides is 3. The summed E-state index contributed by atoms with van der Waals surface area (Å²) in [7, 11) is 0. The average molecular weight is 559 g/mol. The van der Waals surface area contributed by atoms with Crippen LogP contribution < -0.4 is 15.0 Å². The fraction of sp³-hybridized carbons (Fsp3) is 0.370. The number of fused-ring (bicyclic) bond motifs is 1. The van der Waals surface area contributed by atoms with E-state index in [1.807, 2.05) is 0 Å². The number of carbonyl (C=O) groups is 1. The fourth-order valence-corrected chi connectivity index (χ4v) is 6.01. The molecule has 0 unspecified atom stereocenters. The van der Waals surface area contributed by atoms with Crippen LogP contribution in [0.3, 0.4) is 0 Å². The molecule has 12 heteroatoms. The minimum absolute atomic E-state index is 0.200. The van der Waals surface area contributed by atoms with Crippen LogP contribution in [-0.4, -0.2) is 46.7 Å². The van der Waals surface area contributed by atoms with Crippen molar-refractivity contribution in [3.05, 3.63) is 59.4 Å². The number of hydrogen-bond donors (Lipinski definition) is 2. The van der Waals surface area contributed by atoms with Crippen molar-refractivity contribution < 1.29 is 32.3 Å². The van der Waals surface area contributed by atoms with Crippen LogP contribution in [0.2, 0.25) is 0 Å². The first-order valence-electron chi connectivity index (χ1n) is 12.7. The van der Waals surface area contributed by atoms with E-state index in [1.54, 1.807) is 30.3 Å². The molecule has 0 amide bonds. The second kappa shape index (κ2) is 10.2. The van der Waals surface area contributed by atoms with E-state index in [-0.39, 0.29) is 28.8 Å². The van der Waals surface area contributed by atoms with Gasteiger partial charge in [0.2, 0.25) is 0 Å². The molecule has 2 aromatic carbocycles. The molecule has 3 heterocycles. The van der Waals surface area contributed by atoms with Crippen molar-refractivity contribution in [1.82, 2.24) is 15.5 Å². The van der Waals surface area contributed by atoms with Crippen molar-refractivity contribution in [2.45, 2.75) is 50.6 Å². The number of carboxylic acid groups (broad SMARTS) is 1. The maximum Gasteiger partial charge on any atom is 0.573 e. The molecule has 2 aromatic heterocycles. The van der Waals surface area contributed by atoms with Gasteiger partial charge in [-0.3, -0.25) is 0 Å². The molecule has 4 aromatic rings. The van der Waals surface area contributed by atoms with Crippen molar-refractivity contribution in [1.29, 1.82) is 0 Å². The smallest absolute Gasteiger partial charge is 0.478 e. The van der Waals surface area contributed by atoms with Crippen LogP contribution in [0.25, 0.3) is 21.5 Å². The van der Waals surface area contributed by atoms with Gasteiger partial charge in [-0.25, -0.2) is 9.78 Å². The van der Waals surface area contributed by atoms with Gasteiger partial charge in [0, 0.05) is 42.7 Å². The Kier molecular flexibility index (Phi) is 6.67. The first-order chi connectivity index (χ1) is 18.7. The lowest BCUT2D eigenvalue weighted by molar-refractivity contribution is -0.274. The summed E-state index contributed by atoms with van der Waals surface area (Å²) >= 11 is 1.48. The van der Waals surface area contributed by atoms with E-state index >= 15 is 0 Å². The Hall–Kier alpha value is -3.64. The number of aromatic carboxylic acids is 1. The summed E-state index contributed by atoms with van der Waals surface area (Å²) in [6.07, 6.45) is -1.17. The number of benzene rings is 2. The number of piperidine rings is 1. The second-order valence-electron chi connectivity index (χ2n) is 9.82. The van der Waals surface area contributed by atoms with Crippen LogP contribution in [0.1, 0.15) is 53.3 Å². The number of nitrogens with one attached hydrogen (secondary N) is 1. The first-order valence-corrected chi connectivity index (χ1v) is 13.5. The summed E-state index contributed by atoms with van der Waals surface area (Å²) in [5.41, 5.74) is 2.42. The largest absolute Gasteiger partial charge is 0.573 e.